The van der Waals surface area contributed by atoms with Crippen LogP contribution < -0.4 is 5.73 Å². The van der Waals surface area contributed by atoms with E-state index in [2.05, 4.69) is 15.0 Å². The van der Waals surface area contributed by atoms with Crippen molar-refractivity contribution in [2.45, 2.75) is 0 Å². The molecule has 0 aliphatic heterocycles. The van der Waals surface area contributed by atoms with Gasteiger partial charge in [0.25, 0.3) is 0 Å². The average Bonchev–Trinajstić information content (AvgIpc) is 2.64. The van der Waals surface area contributed by atoms with Crippen molar-refractivity contribution in [2.75, 3.05) is 5.73 Å². The molecule has 0 spiro atoms. The van der Waals surface area contributed by atoms with Gasteiger partial charge in [-0.25, -0.2) is 9.97 Å². The molecule has 0 radical (unpaired) electrons. The van der Waals surface area contributed by atoms with Gasteiger partial charge < -0.3 is 15.3 Å². The van der Waals surface area contributed by atoms with Crippen molar-refractivity contribution < 1.29 is 0 Å². The van der Waals surface area contributed by atoms with Gasteiger partial charge in [-0.05, 0) is 0 Å². The van der Waals surface area contributed by atoms with E-state index < -0.39 is 0 Å². The number of anilines is 1. The quantitative estimate of drug-likeness (QED) is 0.638. The van der Waals surface area contributed by atoms with Gasteiger partial charge in [-0.1, -0.05) is 0 Å². The fraction of sp³-hybridized carbons (Fsp3) is 0.143. The zero-order valence-electron chi connectivity index (χ0n) is 6.65. The molecule has 0 aliphatic carbocycles. The van der Waals surface area contributed by atoms with Crippen LogP contribution in [-0.4, -0.2) is 19.5 Å². The Morgan fingerprint density at radius 2 is 2.33 bits per heavy atom. The highest BCUT2D eigenvalue weighted by Gasteiger charge is 2.08. The zero-order valence-corrected chi connectivity index (χ0v) is 6.65. The summed E-state index contributed by atoms with van der Waals surface area (Å²) in [6.45, 7) is 0. The molecule has 2 aromatic rings. The number of rotatable bonds is 1. The van der Waals surface area contributed by atoms with E-state index in [4.69, 9.17) is 5.73 Å². The third-order valence-corrected chi connectivity index (χ3v) is 1.71. The smallest absolute Gasteiger partial charge is 0.159 e. The summed E-state index contributed by atoms with van der Waals surface area (Å²) in [6, 6.07) is 0. The Bertz CT molecular complexity index is 372. The largest absolute Gasteiger partial charge is 0.383 e. The lowest BCUT2D eigenvalue weighted by Crippen LogP contribution is -1.96. The zero-order chi connectivity index (χ0) is 8.55. The Labute approximate surface area is 69.3 Å². The van der Waals surface area contributed by atoms with Crippen LogP contribution in [0.2, 0.25) is 0 Å². The molecule has 0 amide bonds. The van der Waals surface area contributed by atoms with E-state index in [1.165, 1.54) is 0 Å². The number of aryl methyl sites for hydroxylation is 1. The summed E-state index contributed by atoms with van der Waals surface area (Å²) < 4.78 is 1.75. The van der Waals surface area contributed by atoms with Gasteiger partial charge in [-0.15, -0.1) is 0 Å². The molecule has 0 saturated carbocycles. The number of imidazole rings is 2. The fourth-order valence-electron chi connectivity index (χ4n) is 1.02. The number of hydrogen-bond donors (Lipinski definition) is 2. The summed E-state index contributed by atoms with van der Waals surface area (Å²) >= 11 is 0. The van der Waals surface area contributed by atoms with E-state index in [0.29, 0.717) is 17.3 Å². The van der Waals surface area contributed by atoms with Crippen LogP contribution in [0, 0.1) is 0 Å². The molecule has 5 heteroatoms. The van der Waals surface area contributed by atoms with Crippen LogP contribution in [0.15, 0.2) is 18.7 Å². The molecule has 2 aromatic heterocycles. The monoisotopic (exact) mass is 163 g/mol. The molecule has 0 aliphatic rings. The first-order valence-electron chi connectivity index (χ1n) is 3.55. The van der Waals surface area contributed by atoms with Crippen LogP contribution in [0.25, 0.3) is 11.5 Å². The molecular weight excluding hydrogens is 154 g/mol. The molecule has 0 bridgehead atoms. The van der Waals surface area contributed by atoms with Gasteiger partial charge in [0.1, 0.15) is 11.5 Å². The topological polar surface area (TPSA) is 72.5 Å². The molecular formula is C7H9N5. The lowest BCUT2D eigenvalue weighted by molar-refractivity contribution is 0.925. The lowest BCUT2D eigenvalue weighted by atomic mass is 10.4. The Morgan fingerprint density at radius 1 is 1.50 bits per heavy atom. The number of nitrogens with two attached hydrogens (primary N) is 1. The van der Waals surface area contributed by atoms with E-state index in [1.807, 2.05) is 7.05 Å². The molecule has 3 N–H and O–H groups in total. The predicted molar refractivity (Wildman–Crippen MR) is 45.2 cm³/mol. The number of hydrogen-bond acceptors (Lipinski definition) is 3. The molecule has 2 heterocycles. The number of nitrogen functional groups attached to an aromatic ring is 1. The maximum atomic E-state index is 5.73. The molecule has 62 valence electrons. The average molecular weight is 163 g/mol. The minimum Gasteiger partial charge on any atom is -0.383 e. The summed E-state index contributed by atoms with van der Waals surface area (Å²) in [7, 11) is 1.84. The Morgan fingerprint density at radius 3 is 2.83 bits per heavy atom. The van der Waals surface area contributed by atoms with Crippen molar-refractivity contribution in [3.63, 3.8) is 0 Å². The highest BCUT2D eigenvalue weighted by atomic mass is 15.1. The summed E-state index contributed by atoms with van der Waals surface area (Å²) in [6.07, 6.45) is 5.07. The number of H-pyrrole nitrogens is 1. The van der Waals surface area contributed by atoms with Gasteiger partial charge in [0.2, 0.25) is 0 Å². The van der Waals surface area contributed by atoms with Gasteiger partial charge >= 0.3 is 0 Å². The van der Waals surface area contributed by atoms with Crippen molar-refractivity contribution >= 4 is 5.82 Å². The van der Waals surface area contributed by atoms with Crippen molar-refractivity contribution in [1.29, 1.82) is 0 Å². The van der Waals surface area contributed by atoms with E-state index in [-0.39, 0.29) is 0 Å². The normalized spacial score (nSPS) is 10.4. The second-order valence-corrected chi connectivity index (χ2v) is 2.53. The van der Waals surface area contributed by atoms with E-state index in [1.54, 1.807) is 23.3 Å². The Hall–Kier alpha value is -1.78. The molecule has 0 atom stereocenters. The number of nitrogens with zero attached hydrogens (tertiary/aromatic N) is 3. The van der Waals surface area contributed by atoms with Gasteiger partial charge in [-0.3, -0.25) is 0 Å². The summed E-state index contributed by atoms with van der Waals surface area (Å²) in [5, 5.41) is 0. The first-order chi connectivity index (χ1) is 5.79. The van der Waals surface area contributed by atoms with E-state index in [9.17, 15) is 0 Å². The van der Waals surface area contributed by atoms with Crippen molar-refractivity contribution in [2.24, 2.45) is 7.05 Å². The van der Waals surface area contributed by atoms with Crippen LogP contribution >= 0.6 is 0 Å². The predicted octanol–water partition coefficient (Wildman–Crippen LogP) is 0.392. The maximum Gasteiger partial charge on any atom is 0.159 e. The summed E-state index contributed by atoms with van der Waals surface area (Å²) in [4.78, 5) is 11.1. The van der Waals surface area contributed by atoms with E-state index in [0.717, 1.165) is 0 Å². The standard InChI is InChI=1S/C7H9N5/c1-12-4-11-5(6(12)8)7-9-2-3-10-7/h2-4H,8H2,1H3,(H,9,10). The molecule has 12 heavy (non-hydrogen) atoms. The van der Waals surface area contributed by atoms with Gasteiger partial charge in [0, 0.05) is 19.4 Å². The van der Waals surface area contributed by atoms with Crippen molar-refractivity contribution in [3.8, 4) is 11.5 Å². The molecule has 2 rings (SSSR count). The highest BCUT2D eigenvalue weighted by Crippen LogP contribution is 2.18. The molecule has 0 fully saturated rings. The van der Waals surface area contributed by atoms with Gasteiger partial charge in [0.15, 0.2) is 5.82 Å². The van der Waals surface area contributed by atoms with Gasteiger partial charge in [-0.2, -0.15) is 0 Å². The maximum absolute atomic E-state index is 5.73. The summed E-state index contributed by atoms with van der Waals surface area (Å²) in [5.74, 6) is 1.32. The Kier molecular flexibility index (Phi) is 1.36. The lowest BCUT2D eigenvalue weighted by Gasteiger charge is -1.95. The molecule has 0 unspecified atom stereocenters. The minimum absolute atomic E-state index is 0.616. The van der Waals surface area contributed by atoms with Crippen LogP contribution in [0.3, 0.4) is 0 Å². The van der Waals surface area contributed by atoms with Crippen LogP contribution in [0.4, 0.5) is 5.82 Å². The third-order valence-electron chi connectivity index (χ3n) is 1.71. The van der Waals surface area contributed by atoms with Crippen molar-refractivity contribution in [3.05, 3.63) is 18.7 Å². The van der Waals surface area contributed by atoms with Gasteiger partial charge in [0.05, 0.1) is 6.33 Å². The van der Waals surface area contributed by atoms with Crippen LogP contribution in [0.5, 0.6) is 0 Å². The number of nitrogens with one attached hydrogen (secondary N) is 1. The third kappa shape index (κ3) is 0.868. The summed E-state index contributed by atoms with van der Waals surface area (Å²) in [5.41, 5.74) is 6.43. The van der Waals surface area contributed by atoms with Crippen LogP contribution in [0.1, 0.15) is 0 Å². The molecule has 5 nitrogen and oxygen atoms in total. The first kappa shape index (κ1) is 6.90. The molecule has 0 aromatic carbocycles. The van der Waals surface area contributed by atoms with E-state index >= 15 is 0 Å². The minimum atomic E-state index is 0.616. The van der Waals surface area contributed by atoms with Crippen LogP contribution in [-0.2, 0) is 7.05 Å². The van der Waals surface area contributed by atoms with Crippen molar-refractivity contribution in [1.82, 2.24) is 19.5 Å². The molecule has 0 saturated heterocycles. The number of aromatic nitrogens is 4. The second-order valence-electron chi connectivity index (χ2n) is 2.53. The fourth-order valence-corrected chi connectivity index (χ4v) is 1.02. The highest BCUT2D eigenvalue weighted by molar-refractivity contribution is 5.63. The SMILES string of the molecule is Cn1cnc(-c2ncc[nH]2)c1N. The first-order valence-corrected chi connectivity index (χ1v) is 3.55. The second kappa shape index (κ2) is 2.37. The number of aromatic amines is 1. The Balaban J connectivity index is 2.55.